The van der Waals surface area contributed by atoms with Crippen LogP contribution in [0.15, 0.2) is 23.1 Å². The molecule has 1 heterocycles. The SMILES string of the molecule is CCOc1ccc(S(=O)(=O)N2C[C@H](C)O[C@@H](C)C2)cc1CC. The maximum absolute atomic E-state index is 12.8. The van der Waals surface area contributed by atoms with Gasteiger partial charge in [-0.1, -0.05) is 6.92 Å². The molecule has 6 heteroatoms. The molecule has 22 heavy (non-hydrogen) atoms. The Morgan fingerprint density at radius 1 is 1.23 bits per heavy atom. The second kappa shape index (κ2) is 6.98. The molecule has 2 atom stereocenters. The van der Waals surface area contributed by atoms with Crippen molar-refractivity contribution < 1.29 is 17.9 Å². The highest BCUT2D eigenvalue weighted by Crippen LogP contribution is 2.27. The number of ether oxygens (including phenoxy) is 2. The standard InChI is InChI=1S/C16H25NO4S/c1-5-14-9-15(7-8-16(14)20-6-2)22(18,19)17-10-12(3)21-13(4)11-17/h7-9,12-13H,5-6,10-11H2,1-4H3/t12-,13-/m0/s1. The molecule has 0 radical (unpaired) electrons. The summed E-state index contributed by atoms with van der Waals surface area (Å²) in [7, 11) is -3.49. The van der Waals surface area contributed by atoms with E-state index in [1.807, 2.05) is 27.7 Å². The van der Waals surface area contributed by atoms with E-state index < -0.39 is 10.0 Å². The van der Waals surface area contributed by atoms with Gasteiger partial charge in [0, 0.05) is 13.1 Å². The molecule has 0 N–H and O–H groups in total. The van der Waals surface area contributed by atoms with Crippen LogP contribution in [0.25, 0.3) is 0 Å². The van der Waals surface area contributed by atoms with Gasteiger partial charge >= 0.3 is 0 Å². The van der Waals surface area contributed by atoms with Gasteiger partial charge in [0.15, 0.2) is 0 Å². The van der Waals surface area contributed by atoms with E-state index in [1.165, 1.54) is 4.31 Å². The zero-order valence-corrected chi connectivity index (χ0v) is 14.5. The van der Waals surface area contributed by atoms with Gasteiger partial charge in [0.2, 0.25) is 10.0 Å². The third-order valence-corrected chi connectivity index (χ3v) is 5.56. The lowest BCUT2D eigenvalue weighted by Gasteiger charge is -2.34. The molecule has 1 aliphatic heterocycles. The summed E-state index contributed by atoms with van der Waals surface area (Å²) in [4.78, 5) is 0.328. The van der Waals surface area contributed by atoms with Gasteiger partial charge in [-0.2, -0.15) is 4.31 Å². The van der Waals surface area contributed by atoms with Crippen LogP contribution < -0.4 is 4.74 Å². The minimum atomic E-state index is -3.49. The third kappa shape index (κ3) is 3.62. The van der Waals surface area contributed by atoms with Crippen molar-refractivity contribution in [3.8, 4) is 5.75 Å². The molecule has 0 spiro atoms. The lowest BCUT2D eigenvalue weighted by atomic mass is 10.1. The molecular weight excluding hydrogens is 302 g/mol. The Morgan fingerprint density at radius 3 is 2.41 bits per heavy atom. The summed E-state index contributed by atoms with van der Waals surface area (Å²) in [6, 6.07) is 5.11. The van der Waals surface area contributed by atoms with Crippen LogP contribution in [0, 0.1) is 0 Å². The summed E-state index contributed by atoms with van der Waals surface area (Å²) in [5, 5.41) is 0. The van der Waals surface area contributed by atoms with Crippen molar-refractivity contribution in [3.05, 3.63) is 23.8 Å². The summed E-state index contributed by atoms with van der Waals surface area (Å²) in [6.45, 7) is 9.05. The quantitative estimate of drug-likeness (QED) is 0.833. The summed E-state index contributed by atoms with van der Waals surface area (Å²) < 4.78 is 38.4. The molecule has 1 aromatic rings. The van der Waals surface area contributed by atoms with E-state index in [2.05, 4.69) is 0 Å². The largest absolute Gasteiger partial charge is 0.494 e. The van der Waals surface area contributed by atoms with Crippen molar-refractivity contribution in [1.82, 2.24) is 4.31 Å². The van der Waals surface area contributed by atoms with Crippen LogP contribution in [-0.2, 0) is 21.2 Å². The highest BCUT2D eigenvalue weighted by Gasteiger charge is 2.32. The van der Waals surface area contributed by atoms with Crippen molar-refractivity contribution in [2.24, 2.45) is 0 Å². The van der Waals surface area contributed by atoms with E-state index in [9.17, 15) is 8.42 Å². The van der Waals surface area contributed by atoms with Gasteiger partial charge in [-0.05, 0) is 51.0 Å². The van der Waals surface area contributed by atoms with Crippen molar-refractivity contribution in [2.45, 2.75) is 51.2 Å². The van der Waals surface area contributed by atoms with Crippen molar-refractivity contribution >= 4 is 10.0 Å². The molecule has 2 rings (SSSR count). The maximum Gasteiger partial charge on any atom is 0.243 e. The van der Waals surface area contributed by atoms with Gasteiger partial charge in [0.05, 0.1) is 23.7 Å². The average Bonchev–Trinajstić information content (AvgIpc) is 2.46. The van der Waals surface area contributed by atoms with Gasteiger partial charge in [0.1, 0.15) is 5.75 Å². The molecule has 1 saturated heterocycles. The smallest absolute Gasteiger partial charge is 0.243 e. The Labute approximate surface area is 133 Å². The Bertz CT molecular complexity index is 605. The number of hydrogen-bond acceptors (Lipinski definition) is 4. The molecule has 1 aliphatic rings. The van der Waals surface area contributed by atoms with Crippen LogP contribution in [0.1, 0.15) is 33.3 Å². The van der Waals surface area contributed by atoms with Crippen molar-refractivity contribution in [1.29, 1.82) is 0 Å². The van der Waals surface area contributed by atoms with Crippen LogP contribution in [0.2, 0.25) is 0 Å². The third-order valence-electron chi connectivity index (χ3n) is 3.74. The fourth-order valence-electron chi connectivity index (χ4n) is 2.76. The fraction of sp³-hybridized carbons (Fsp3) is 0.625. The zero-order chi connectivity index (χ0) is 16.3. The van der Waals surface area contributed by atoms with Crippen LogP contribution in [-0.4, -0.2) is 44.6 Å². The van der Waals surface area contributed by atoms with Crippen molar-refractivity contribution in [3.63, 3.8) is 0 Å². The molecule has 0 bridgehead atoms. The van der Waals surface area contributed by atoms with E-state index in [1.54, 1.807) is 18.2 Å². The Hall–Kier alpha value is -1.11. The zero-order valence-electron chi connectivity index (χ0n) is 13.7. The van der Waals surface area contributed by atoms with Crippen LogP contribution >= 0.6 is 0 Å². The monoisotopic (exact) mass is 327 g/mol. The van der Waals surface area contributed by atoms with Gasteiger partial charge in [-0.15, -0.1) is 0 Å². The first-order chi connectivity index (χ1) is 10.4. The van der Waals surface area contributed by atoms with E-state index in [0.29, 0.717) is 24.6 Å². The van der Waals surface area contributed by atoms with E-state index in [0.717, 1.165) is 17.7 Å². The molecule has 1 fully saturated rings. The fourth-order valence-corrected chi connectivity index (χ4v) is 4.41. The topological polar surface area (TPSA) is 55.8 Å². The summed E-state index contributed by atoms with van der Waals surface area (Å²) in [5.41, 5.74) is 0.914. The Balaban J connectivity index is 2.33. The maximum atomic E-state index is 12.8. The summed E-state index contributed by atoms with van der Waals surface area (Å²) in [5.74, 6) is 0.757. The predicted octanol–water partition coefficient (Wildman–Crippen LogP) is 2.45. The number of aryl methyl sites for hydroxylation is 1. The summed E-state index contributed by atoms with van der Waals surface area (Å²) >= 11 is 0. The highest BCUT2D eigenvalue weighted by atomic mass is 32.2. The number of morpholine rings is 1. The normalized spacial score (nSPS) is 23.5. The Kier molecular flexibility index (Phi) is 5.47. The van der Waals surface area contributed by atoms with Gasteiger partial charge in [0.25, 0.3) is 0 Å². The second-order valence-electron chi connectivity index (χ2n) is 5.64. The minimum absolute atomic E-state index is 0.0909. The highest BCUT2D eigenvalue weighted by molar-refractivity contribution is 7.89. The lowest BCUT2D eigenvalue weighted by molar-refractivity contribution is -0.0440. The molecule has 0 aromatic heterocycles. The number of rotatable bonds is 5. The minimum Gasteiger partial charge on any atom is -0.494 e. The molecule has 0 saturated carbocycles. The molecular formula is C16H25NO4S. The predicted molar refractivity (Wildman–Crippen MR) is 85.8 cm³/mol. The average molecular weight is 327 g/mol. The van der Waals surface area contributed by atoms with E-state index >= 15 is 0 Å². The molecule has 5 nitrogen and oxygen atoms in total. The first kappa shape index (κ1) is 17.2. The number of sulfonamides is 1. The first-order valence-corrected chi connectivity index (χ1v) is 9.23. The van der Waals surface area contributed by atoms with Crippen LogP contribution in [0.3, 0.4) is 0 Å². The van der Waals surface area contributed by atoms with E-state index in [-0.39, 0.29) is 12.2 Å². The van der Waals surface area contributed by atoms with E-state index in [4.69, 9.17) is 9.47 Å². The molecule has 1 aromatic carbocycles. The number of nitrogens with zero attached hydrogens (tertiary/aromatic N) is 1. The molecule has 0 amide bonds. The van der Waals surface area contributed by atoms with Crippen molar-refractivity contribution in [2.75, 3.05) is 19.7 Å². The second-order valence-corrected chi connectivity index (χ2v) is 7.57. The first-order valence-electron chi connectivity index (χ1n) is 7.79. The van der Waals surface area contributed by atoms with Gasteiger partial charge < -0.3 is 9.47 Å². The van der Waals surface area contributed by atoms with Gasteiger partial charge in [-0.25, -0.2) is 8.42 Å². The number of hydrogen-bond donors (Lipinski definition) is 0. The molecule has 0 aliphatic carbocycles. The lowest BCUT2D eigenvalue weighted by Crippen LogP contribution is -2.48. The summed E-state index contributed by atoms with van der Waals surface area (Å²) in [6.07, 6.45) is 0.549. The molecule has 124 valence electrons. The Morgan fingerprint density at radius 2 is 1.86 bits per heavy atom. The van der Waals surface area contributed by atoms with Gasteiger partial charge in [-0.3, -0.25) is 0 Å². The van der Waals surface area contributed by atoms with Crippen LogP contribution in [0.5, 0.6) is 5.75 Å². The number of benzene rings is 1. The van der Waals surface area contributed by atoms with Crippen LogP contribution in [0.4, 0.5) is 0 Å². The molecule has 0 unspecified atom stereocenters.